The Morgan fingerprint density at radius 3 is 1.81 bits per heavy atom. The van der Waals surface area contributed by atoms with Crippen LogP contribution in [0.4, 0.5) is 0 Å². The molecular weight excluding hydrogens is 403 g/mol. The number of hydrogen-bond acceptors (Lipinski definition) is 2. The number of benzene rings is 3. The van der Waals surface area contributed by atoms with Gasteiger partial charge in [0.15, 0.2) is 11.6 Å². The third-order valence-electron chi connectivity index (χ3n) is 5.00. The second kappa shape index (κ2) is 6.79. The van der Waals surface area contributed by atoms with E-state index >= 15 is 0 Å². The number of carbonyl (C=O) groups excluding carboxylic acids is 2. The maximum Gasteiger partial charge on any atom is 0.182 e. The fourth-order valence-electron chi connectivity index (χ4n) is 3.65. The molecule has 0 unspecified atom stereocenters. The van der Waals surface area contributed by atoms with Crippen molar-refractivity contribution >= 4 is 46.4 Å². The van der Waals surface area contributed by atoms with Gasteiger partial charge < -0.3 is 0 Å². The first-order valence-electron chi connectivity index (χ1n) is 8.32. The number of rotatable bonds is 3. The summed E-state index contributed by atoms with van der Waals surface area (Å²) in [6.45, 7) is 0. The van der Waals surface area contributed by atoms with E-state index in [0.717, 1.165) is 0 Å². The molecule has 0 radical (unpaired) electrons. The van der Waals surface area contributed by atoms with Crippen molar-refractivity contribution in [3.05, 3.63) is 104 Å². The van der Waals surface area contributed by atoms with Gasteiger partial charge in [-0.3, -0.25) is 9.59 Å². The predicted molar refractivity (Wildman–Crippen MR) is 108 cm³/mol. The smallest absolute Gasteiger partial charge is 0.182 e. The Balaban J connectivity index is 1.93. The van der Waals surface area contributed by atoms with Crippen molar-refractivity contribution in [2.45, 2.75) is 11.8 Å². The molecule has 1 aliphatic carbocycles. The Morgan fingerprint density at radius 1 is 0.704 bits per heavy atom. The molecule has 0 bridgehead atoms. The average Bonchev–Trinajstić information content (AvgIpc) is 2.87. The van der Waals surface area contributed by atoms with Gasteiger partial charge in [0, 0.05) is 26.2 Å². The summed E-state index contributed by atoms with van der Waals surface area (Å²) in [6, 6.07) is 18.8. The van der Waals surface area contributed by atoms with Gasteiger partial charge in [0.05, 0.1) is 0 Å². The topological polar surface area (TPSA) is 34.1 Å². The van der Waals surface area contributed by atoms with Gasteiger partial charge in [0.1, 0.15) is 5.41 Å². The lowest BCUT2D eigenvalue weighted by Gasteiger charge is -2.27. The molecular formula is C22H13Cl3O2. The highest BCUT2D eigenvalue weighted by Crippen LogP contribution is 2.43. The standard InChI is InChI=1S/C22H13Cl3O2/c23-15-9-6-14(7-10-15)22(12-13-5-8-16(24)11-19(13)25)20(26)17-3-1-2-4-18(17)21(22)27/h1-11H,12H2. The Morgan fingerprint density at radius 2 is 1.26 bits per heavy atom. The number of hydrogen-bond donors (Lipinski definition) is 0. The Bertz CT molecular complexity index is 1040. The predicted octanol–water partition coefficient (Wildman–Crippen LogP) is 6.21. The molecule has 0 aliphatic heterocycles. The first-order chi connectivity index (χ1) is 12.9. The van der Waals surface area contributed by atoms with Crippen LogP contribution in [-0.4, -0.2) is 11.6 Å². The lowest BCUT2D eigenvalue weighted by molar-refractivity contribution is 0.0793. The van der Waals surface area contributed by atoms with Crippen molar-refractivity contribution in [3.8, 4) is 0 Å². The molecule has 3 aromatic rings. The van der Waals surface area contributed by atoms with Crippen molar-refractivity contribution in [3.63, 3.8) is 0 Å². The molecule has 1 aliphatic rings. The molecule has 2 nitrogen and oxygen atoms in total. The zero-order valence-electron chi connectivity index (χ0n) is 14.0. The van der Waals surface area contributed by atoms with Gasteiger partial charge in [-0.2, -0.15) is 0 Å². The minimum Gasteiger partial charge on any atom is -0.293 e. The van der Waals surface area contributed by atoms with Crippen LogP contribution >= 0.6 is 34.8 Å². The van der Waals surface area contributed by atoms with Crippen LogP contribution in [0.25, 0.3) is 0 Å². The van der Waals surface area contributed by atoms with E-state index in [4.69, 9.17) is 34.8 Å². The van der Waals surface area contributed by atoms with E-state index in [1.807, 2.05) is 0 Å². The van der Waals surface area contributed by atoms with E-state index < -0.39 is 5.41 Å². The van der Waals surface area contributed by atoms with Crippen molar-refractivity contribution in [1.82, 2.24) is 0 Å². The van der Waals surface area contributed by atoms with Gasteiger partial charge in [-0.15, -0.1) is 0 Å². The molecule has 0 amide bonds. The highest BCUT2D eigenvalue weighted by molar-refractivity contribution is 6.36. The lowest BCUT2D eigenvalue weighted by atomic mass is 9.71. The summed E-state index contributed by atoms with van der Waals surface area (Å²) < 4.78 is 0. The molecule has 27 heavy (non-hydrogen) atoms. The molecule has 134 valence electrons. The number of Topliss-reactive ketones (excluding diaryl/α,β-unsaturated/α-hetero) is 2. The Kier molecular flexibility index (Phi) is 4.59. The Hall–Kier alpha value is -2.13. The van der Waals surface area contributed by atoms with Crippen LogP contribution < -0.4 is 0 Å². The number of fused-ring (bicyclic) bond motifs is 1. The zero-order chi connectivity index (χ0) is 19.2. The van der Waals surface area contributed by atoms with E-state index in [9.17, 15) is 9.59 Å². The van der Waals surface area contributed by atoms with Crippen molar-refractivity contribution < 1.29 is 9.59 Å². The van der Waals surface area contributed by atoms with Crippen LogP contribution in [0.3, 0.4) is 0 Å². The van der Waals surface area contributed by atoms with Crippen LogP contribution in [0.5, 0.6) is 0 Å². The second-order valence-electron chi connectivity index (χ2n) is 6.53. The van der Waals surface area contributed by atoms with Crippen LogP contribution in [0.2, 0.25) is 15.1 Å². The molecule has 0 N–H and O–H groups in total. The second-order valence-corrected chi connectivity index (χ2v) is 7.81. The molecule has 0 atom stereocenters. The summed E-state index contributed by atoms with van der Waals surface area (Å²) in [4.78, 5) is 26.9. The molecule has 3 aromatic carbocycles. The summed E-state index contributed by atoms with van der Waals surface area (Å²) in [6.07, 6.45) is 0.150. The van der Waals surface area contributed by atoms with Crippen LogP contribution in [0, 0.1) is 0 Å². The third-order valence-corrected chi connectivity index (χ3v) is 5.84. The lowest BCUT2D eigenvalue weighted by Crippen LogP contribution is -2.40. The van der Waals surface area contributed by atoms with Gasteiger partial charge in [0.25, 0.3) is 0 Å². The molecule has 5 heteroatoms. The zero-order valence-corrected chi connectivity index (χ0v) is 16.3. The summed E-state index contributed by atoms with van der Waals surface area (Å²) in [7, 11) is 0. The minimum absolute atomic E-state index is 0.150. The number of carbonyl (C=O) groups is 2. The molecule has 0 saturated heterocycles. The molecule has 0 aromatic heterocycles. The Labute approximate surface area is 171 Å². The highest BCUT2D eigenvalue weighted by Gasteiger charge is 2.54. The summed E-state index contributed by atoms with van der Waals surface area (Å²) in [5.74, 6) is -0.451. The SMILES string of the molecule is O=C1c2ccccc2C(=O)C1(Cc1ccc(Cl)cc1Cl)c1ccc(Cl)cc1. The van der Waals surface area contributed by atoms with Gasteiger partial charge in [0.2, 0.25) is 0 Å². The third kappa shape index (κ3) is 2.89. The van der Waals surface area contributed by atoms with Gasteiger partial charge in [-0.1, -0.05) is 77.3 Å². The maximum atomic E-state index is 13.5. The van der Waals surface area contributed by atoms with Gasteiger partial charge in [-0.05, 0) is 41.8 Å². The summed E-state index contributed by atoms with van der Waals surface area (Å²) >= 11 is 18.4. The highest BCUT2D eigenvalue weighted by atomic mass is 35.5. The first-order valence-corrected chi connectivity index (χ1v) is 9.45. The maximum absolute atomic E-state index is 13.5. The van der Waals surface area contributed by atoms with E-state index in [1.165, 1.54) is 0 Å². The summed E-state index contributed by atoms with van der Waals surface area (Å²) in [5.41, 5.74) is 0.783. The van der Waals surface area contributed by atoms with Gasteiger partial charge >= 0.3 is 0 Å². The largest absolute Gasteiger partial charge is 0.293 e. The van der Waals surface area contributed by atoms with E-state index in [1.54, 1.807) is 66.7 Å². The monoisotopic (exact) mass is 414 g/mol. The van der Waals surface area contributed by atoms with E-state index in [0.29, 0.717) is 37.3 Å². The number of ketones is 2. The number of halogens is 3. The first kappa shape index (κ1) is 18.2. The molecule has 0 fully saturated rings. The fourth-order valence-corrected chi connectivity index (χ4v) is 4.25. The van der Waals surface area contributed by atoms with Crippen LogP contribution in [-0.2, 0) is 11.8 Å². The normalized spacial score (nSPS) is 15.1. The molecule has 4 rings (SSSR count). The van der Waals surface area contributed by atoms with Crippen molar-refractivity contribution in [2.75, 3.05) is 0 Å². The van der Waals surface area contributed by atoms with Crippen molar-refractivity contribution in [2.24, 2.45) is 0 Å². The van der Waals surface area contributed by atoms with Crippen molar-refractivity contribution in [1.29, 1.82) is 0 Å². The van der Waals surface area contributed by atoms with Crippen LogP contribution in [0.15, 0.2) is 66.7 Å². The quantitative estimate of drug-likeness (QED) is 0.477. The van der Waals surface area contributed by atoms with Gasteiger partial charge in [-0.25, -0.2) is 0 Å². The molecule has 0 heterocycles. The molecule has 0 spiro atoms. The van der Waals surface area contributed by atoms with Crippen LogP contribution in [0.1, 0.15) is 31.8 Å². The van der Waals surface area contributed by atoms with E-state index in [2.05, 4.69) is 0 Å². The molecule has 0 saturated carbocycles. The minimum atomic E-state index is -1.37. The fraction of sp³-hybridized carbons (Fsp3) is 0.0909. The summed E-state index contributed by atoms with van der Waals surface area (Å²) in [5, 5.41) is 1.46. The van der Waals surface area contributed by atoms with E-state index in [-0.39, 0.29) is 18.0 Å². The average molecular weight is 416 g/mol.